The summed E-state index contributed by atoms with van der Waals surface area (Å²) in [5, 5.41) is 3.44. The van der Waals surface area contributed by atoms with Crippen LogP contribution in [-0.2, 0) is 16.1 Å². The van der Waals surface area contributed by atoms with E-state index in [2.05, 4.69) is 5.10 Å². The number of halogens is 3. The van der Waals surface area contributed by atoms with Crippen molar-refractivity contribution < 1.29 is 22.8 Å². The average Bonchev–Trinajstić information content (AvgIpc) is 2.71. The fraction of sp³-hybridized carbons (Fsp3) is 0.222. The highest BCUT2D eigenvalue weighted by atomic mass is 19.4. The molecule has 8 heteroatoms. The Labute approximate surface area is 93.1 Å². The molecule has 2 rings (SSSR count). The van der Waals surface area contributed by atoms with E-state index in [0.717, 1.165) is 29.4 Å². The number of hydrogen-bond acceptors (Lipinski definition) is 3. The smallest absolute Gasteiger partial charge is 0.269 e. The summed E-state index contributed by atoms with van der Waals surface area (Å²) in [5.74, 6) is -1.19. The molecule has 0 radical (unpaired) electrons. The van der Waals surface area contributed by atoms with Gasteiger partial charge in [0.2, 0.25) is 0 Å². The molecule has 2 amide bonds. The molecule has 0 aromatic carbocycles. The van der Waals surface area contributed by atoms with Gasteiger partial charge in [-0.25, -0.2) is 4.90 Å². The van der Waals surface area contributed by atoms with Gasteiger partial charge < -0.3 is 0 Å². The van der Waals surface area contributed by atoms with Crippen LogP contribution in [0, 0.1) is 0 Å². The van der Waals surface area contributed by atoms with Crippen molar-refractivity contribution in [3.63, 3.8) is 0 Å². The van der Waals surface area contributed by atoms with Crippen molar-refractivity contribution in [1.82, 2.24) is 9.78 Å². The van der Waals surface area contributed by atoms with Gasteiger partial charge in [-0.3, -0.25) is 14.3 Å². The van der Waals surface area contributed by atoms with E-state index in [1.807, 2.05) is 0 Å². The van der Waals surface area contributed by atoms with Gasteiger partial charge in [0.05, 0.1) is 11.9 Å². The predicted molar refractivity (Wildman–Crippen MR) is 49.9 cm³/mol. The summed E-state index contributed by atoms with van der Waals surface area (Å²) in [5.41, 5.74) is 0.0225. The molecule has 0 atom stereocenters. The van der Waals surface area contributed by atoms with Crippen LogP contribution in [0.5, 0.6) is 0 Å². The van der Waals surface area contributed by atoms with E-state index in [-0.39, 0.29) is 5.69 Å². The van der Waals surface area contributed by atoms with Gasteiger partial charge in [-0.05, 0) is 0 Å². The minimum absolute atomic E-state index is 0.0225. The van der Waals surface area contributed by atoms with Gasteiger partial charge in [0.25, 0.3) is 11.8 Å². The van der Waals surface area contributed by atoms with Crippen LogP contribution in [0.2, 0.25) is 0 Å². The van der Waals surface area contributed by atoms with Crippen LogP contribution in [0.4, 0.5) is 18.9 Å². The Hall–Kier alpha value is -2.12. The molecule has 5 nitrogen and oxygen atoms in total. The first-order valence-electron chi connectivity index (χ1n) is 4.52. The van der Waals surface area contributed by atoms with Crippen molar-refractivity contribution in [2.75, 3.05) is 4.90 Å². The molecule has 1 aromatic rings. The Morgan fingerprint density at radius 1 is 1.18 bits per heavy atom. The molecule has 0 spiro atoms. The molecular formula is C9H6F3N3O2. The lowest BCUT2D eigenvalue weighted by atomic mass is 10.4. The molecule has 17 heavy (non-hydrogen) atoms. The summed E-state index contributed by atoms with van der Waals surface area (Å²) in [6.45, 7) is -1.27. The van der Waals surface area contributed by atoms with Crippen LogP contribution in [-0.4, -0.2) is 27.8 Å². The number of aromatic nitrogens is 2. The van der Waals surface area contributed by atoms with Crippen LogP contribution in [0.3, 0.4) is 0 Å². The topological polar surface area (TPSA) is 55.2 Å². The molecule has 0 saturated carbocycles. The van der Waals surface area contributed by atoms with Gasteiger partial charge in [-0.2, -0.15) is 18.3 Å². The Morgan fingerprint density at radius 3 is 2.29 bits per heavy atom. The number of carbonyl (C=O) groups is 2. The number of alkyl halides is 3. The van der Waals surface area contributed by atoms with E-state index in [1.54, 1.807) is 0 Å². The molecular weight excluding hydrogens is 239 g/mol. The van der Waals surface area contributed by atoms with Crippen molar-refractivity contribution in [2.24, 2.45) is 0 Å². The lowest BCUT2D eigenvalue weighted by Gasteiger charge is -2.10. The Bertz CT molecular complexity index is 486. The van der Waals surface area contributed by atoms with Crippen molar-refractivity contribution in [2.45, 2.75) is 12.7 Å². The second-order valence-corrected chi connectivity index (χ2v) is 3.36. The SMILES string of the molecule is O=C1C=CC(=O)N1c1cnn(CC(F)(F)F)c1. The van der Waals surface area contributed by atoms with E-state index in [9.17, 15) is 22.8 Å². The summed E-state index contributed by atoms with van der Waals surface area (Å²) < 4.78 is 36.8. The number of anilines is 1. The van der Waals surface area contributed by atoms with Gasteiger partial charge in [0, 0.05) is 18.3 Å². The molecule has 0 unspecified atom stereocenters. The number of hydrogen-bond donors (Lipinski definition) is 0. The van der Waals surface area contributed by atoms with E-state index < -0.39 is 24.5 Å². The molecule has 1 aromatic heterocycles. The van der Waals surface area contributed by atoms with E-state index in [4.69, 9.17) is 0 Å². The Kier molecular flexibility index (Phi) is 2.49. The number of imide groups is 1. The number of rotatable bonds is 2. The predicted octanol–water partition coefficient (Wildman–Crippen LogP) is 0.875. The van der Waals surface area contributed by atoms with E-state index in [1.165, 1.54) is 0 Å². The minimum atomic E-state index is -4.40. The van der Waals surface area contributed by atoms with Crippen molar-refractivity contribution in [3.8, 4) is 0 Å². The summed E-state index contributed by atoms with van der Waals surface area (Å²) >= 11 is 0. The van der Waals surface area contributed by atoms with Gasteiger partial charge >= 0.3 is 6.18 Å². The standard InChI is InChI=1S/C9H6F3N3O2/c10-9(11,12)5-14-4-6(3-13-14)15-7(16)1-2-8(15)17/h1-4H,5H2. The fourth-order valence-electron chi connectivity index (χ4n) is 1.39. The first-order valence-corrected chi connectivity index (χ1v) is 4.52. The lowest BCUT2D eigenvalue weighted by molar-refractivity contribution is -0.142. The molecule has 0 fully saturated rings. The van der Waals surface area contributed by atoms with E-state index in [0.29, 0.717) is 4.68 Å². The number of amides is 2. The third-order valence-electron chi connectivity index (χ3n) is 2.03. The fourth-order valence-corrected chi connectivity index (χ4v) is 1.39. The number of nitrogens with zero attached hydrogens (tertiary/aromatic N) is 3. The quantitative estimate of drug-likeness (QED) is 0.726. The summed E-state index contributed by atoms with van der Waals surface area (Å²) in [6, 6.07) is 0. The van der Waals surface area contributed by atoms with Gasteiger partial charge in [0.15, 0.2) is 0 Å². The highest BCUT2D eigenvalue weighted by molar-refractivity contribution is 6.28. The monoisotopic (exact) mass is 245 g/mol. The van der Waals surface area contributed by atoms with Gasteiger partial charge in [0.1, 0.15) is 6.54 Å². The van der Waals surface area contributed by atoms with Crippen LogP contribution in [0.1, 0.15) is 0 Å². The zero-order valence-electron chi connectivity index (χ0n) is 8.31. The Morgan fingerprint density at radius 2 is 1.76 bits per heavy atom. The molecule has 2 heterocycles. The second kappa shape index (κ2) is 3.72. The third-order valence-corrected chi connectivity index (χ3v) is 2.03. The minimum Gasteiger partial charge on any atom is -0.269 e. The summed E-state index contributed by atoms with van der Waals surface area (Å²) in [7, 11) is 0. The van der Waals surface area contributed by atoms with Crippen LogP contribution < -0.4 is 4.90 Å². The molecule has 0 N–H and O–H groups in total. The molecule has 1 aliphatic rings. The first kappa shape index (κ1) is 11.4. The highest BCUT2D eigenvalue weighted by Gasteiger charge is 2.30. The molecule has 0 aliphatic carbocycles. The van der Waals surface area contributed by atoms with Crippen LogP contribution >= 0.6 is 0 Å². The molecule has 0 bridgehead atoms. The van der Waals surface area contributed by atoms with Crippen molar-refractivity contribution in [3.05, 3.63) is 24.5 Å². The molecule has 90 valence electrons. The number of carbonyl (C=O) groups excluding carboxylic acids is 2. The first-order chi connectivity index (χ1) is 7.87. The van der Waals surface area contributed by atoms with Crippen molar-refractivity contribution >= 4 is 17.5 Å². The second-order valence-electron chi connectivity index (χ2n) is 3.36. The average molecular weight is 245 g/mol. The molecule has 1 aliphatic heterocycles. The maximum absolute atomic E-state index is 12.1. The normalized spacial score (nSPS) is 16.1. The van der Waals surface area contributed by atoms with Crippen molar-refractivity contribution in [1.29, 1.82) is 0 Å². The zero-order valence-corrected chi connectivity index (χ0v) is 8.31. The maximum Gasteiger partial charge on any atom is 0.408 e. The summed E-state index contributed by atoms with van der Waals surface area (Å²) in [4.78, 5) is 23.2. The molecule has 0 saturated heterocycles. The van der Waals surface area contributed by atoms with E-state index >= 15 is 0 Å². The van der Waals surface area contributed by atoms with Crippen LogP contribution in [0.15, 0.2) is 24.5 Å². The zero-order chi connectivity index (χ0) is 12.6. The largest absolute Gasteiger partial charge is 0.408 e. The maximum atomic E-state index is 12.1. The Balaban J connectivity index is 2.19. The third kappa shape index (κ3) is 2.35. The van der Waals surface area contributed by atoms with Gasteiger partial charge in [-0.15, -0.1) is 0 Å². The van der Waals surface area contributed by atoms with Gasteiger partial charge in [-0.1, -0.05) is 0 Å². The summed E-state index contributed by atoms with van der Waals surface area (Å²) in [6.07, 6.45) is -0.280. The van der Waals surface area contributed by atoms with Crippen LogP contribution in [0.25, 0.3) is 0 Å². The highest BCUT2D eigenvalue weighted by Crippen LogP contribution is 2.21. The lowest BCUT2D eigenvalue weighted by Crippen LogP contribution is -2.29.